The number of amides is 1. The standard InChI is InChI=1S/C15H18BrFN2O2/c16-11-5-10(6-12(17)7-11)8-19-3-4-21-9-14(19)15(20)18-13-1-2-13/h5-7,13-14H,1-4,8-9H2,(H,18,20). The van der Waals surface area contributed by atoms with E-state index in [2.05, 4.69) is 26.1 Å². The number of halogens is 2. The van der Waals surface area contributed by atoms with Crippen LogP contribution >= 0.6 is 15.9 Å². The van der Waals surface area contributed by atoms with E-state index in [0.717, 1.165) is 18.4 Å². The molecule has 1 saturated heterocycles. The van der Waals surface area contributed by atoms with Crippen LogP contribution in [0.3, 0.4) is 0 Å². The Balaban J connectivity index is 1.69. The highest BCUT2D eigenvalue weighted by Crippen LogP contribution is 2.21. The van der Waals surface area contributed by atoms with Gasteiger partial charge in [0.15, 0.2) is 0 Å². The van der Waals surface area contributed by atoms with Crippen LogP contribution in [-0.2, 0) is 16.1 Å². The van der Waals surface area contributed by atoms with Crippen LogP contribution < -0.4 is 5.32 Å². The molecule has 3 rings (SSSR count). The zero-order chi connectivity index (χ0) is 14.8. The van der Waals surface area contributed by atoms with Crippen molar-refractivity contribution < 1.29 is 13.9 Å². The van der Waals surface area contributed by atoms with E-state index < -0.39 is 0 Å². The van der Waals surface area contributed by atoms with Gasteiger partial charge in [0, 0.05) is 23.6 Å². The number of ether oxygens (including phenoxy) is 1. The van der Waals surface area contributed by atoms with Gasteiger partial charge in [-0.25, -0.2) is 4.39 Å². The van der Waals surface area contributed by atoms with Gasteiger partial charge >= 0.3 is 0 Å². The minimum Gasteiger partial charge on any atom is -0.378 e. The molecular formula is C15H18BrFN2O2. The van der Waals surface area contributed by atoms with Crippen LogP contribution in [0.15, 0.2) is 22.7 Å². The molecule has 21 heavy (non-hydrogen) atoms. The summed E-state index contributed by atoms with van der Waals surface area (Å²) < 4.78 is 19.6. The number of hydrogen-bond donors (Lipinski definition) is 1. The molecule has 0 aromatic heterocycles. The van der Waals surface area contributed by atoms with Crippen molar-refractivity contribution in [1.82, 2.24) is 10.2 Å². The molecule has 1 N–H and O–H groups in total. The van der Waals surface area contributed by atoms with Crippen molar-refractivity contribution >= 4 is 21.8 Å². The first-order chi connectivity index (χ1) is 10.1. The molecule has 0 radical (unpaired) electrons. The third-order valence-corrected chi connectivity index (χ3v) is 4.23. The summed E-state index contributed by atoms with van der Waals surface area (Å²) in [6.07, 6.45) is 2.13. The summed E-state index contributed by atoms with van der Waals surface area (Å²) in [5.41, 5.74) is 0.855. The number of benzene rings is 1. The lowest BCUT2D eigenvalue weighted by Gasteiger charge is -2.34. The van der Waals surface area contributed by atoms with Crippen LogP contribution in [0.2, 0.25) is 0 Å². The summed E-state index contributed by atoms with van der Waals surface area (Å²) in [7, 11) is 0. The van der Waals surface area contributed by atoms with E-state index in [1.54, 1.807) is 0 Å². The molecule has 1 aliphatic heterocycles. The van der Waals surface area contributed by atoms with Gasteiger partial charge in [0.1, 0.15) is 11.9 Å². The number of rotatable bonds is 4. The zero-order valence-electron chi connectivity index (χ0n) is 11.6. The van der Waals surface area contributed by atoms with Gasteiger partial charge in [0.25, 0.3) is 0 Å². The van der Waals surface area contributed by atoms with Crippen LogP contribution in [0, 0.1) is 5.82 Å². The number of carbonyl (C=O) groups excluding carboxylic acids is 1. The van der Waals surface area contributed by atoms with E-state index in [0.29, 0.717) is 36.8 Å². The first-order valence-corrected chi connectivity index (χ1v) is 7.98. The molecule has 0 spiro atoms. The maximum Gasteiger partial charge on any atom is 0.239 e. The van der Waals surface area contributed by atoms with Gasteiger partial charge in [-0.05, 0) is 36.6 Å². The van der Waals surface area contributed by atoms with Crippen LogP contribution in [-0.4, -0.2) is 42.6 Å². The lowest BCUT2D eigenvalue weighted by molar-refractivity contribution is -0.133. The first kappa shape index (κ1) is 14.9. The minimum atomic E-state index is -0.290. The predicted octanol–water partition coefficient (Wildman–Crippen LogP) is 2.07. The molecule has 4 nitrogen and oxygen atoms in total. The Morgan fingerprint density at radius 2 is 2.24 bits per heavy atom. The van der Waals surface area contributed by atoms with Crippen molar-refractivity contribution in [2.45, 2.75) is 31.5 Å². The molecule has 1 saturated carbocycles. The maximum absolute atomic E-state index is 13.5. The molecule has 1 aromatic rings. The average Bonchev–Trinajstić information content (AvgIpc) is 3.22. The molecule has 1 heterocycles. The fourth-order valence-corrected chi connectivity index (χ4v) is 3.04. The highest BCUT2D eigenvalue weighted by atomic mass is 79.9. The van der Waals surface area contributed by atoms with Crippen molar-refractivity contribution in [2.24, 2.45) is 0 Å². The molecule has 1 amide bonds. The summed E-state index contributed by atoms with van der Waals surface area (Å²) in [5, 5.41) is 3.02. The van der Waals surface area contributed by atoms with Crippen molar-refractivity contribution in [1.29, 1.82) is 0 Å². The Bertz CT molecular complexity index is 516. The number of morpholine rings is 1. The number of nitrogens with one attached hydrogen (secondary N) is 1. The summed E-state index contributed by atoms with van der Waals surface area (Å²) in [6.45, 7) is 2.22. The smallest absolute Gasteiger partial charge is 0.239 e. The van der Waals surface area contributed by atoms with Gasteiger partial charge in [-0.15, -0.1) is 0 Å². The second-order valence-electron chi connectivity index (χ2n) is 5.62. The van der Waals surface area contributed by atoms with Crippen molar-refractivity contribution in [3.05, 3.63) is 34.1 Å². The van der Waals surface area contributed by atoms with Gasteiger partial charge in [0.05, 0.1) is 13.2 Å². The quantitative estimate of drug-likeness (QED) is 0.897. The maximum atomic E-state index is 13.5. The summed E-state index contributed by atoms with van der Waals surface area (Å²) in [5.74, 6) is -0.251. The molecule has 1 aliphatic carbocycles. The number of carbonyl (C=O) groups is 1. The Morgan fingerprint density at radius 1 is 1.43 bits per heavy atom. The van der Waals surface area contributed by atoms with Gasteiger partial charge < -0.3 is 10.1 Å². The largest absolute Gasteiger partial charge is 0.378 e. The van der Waals surface area contributed by atoms with E-state index >= 15 is 0 Å². The number of hydrogen-bond acceptors (Lipinski definition) is 3. The van der Waals surface area contributed by atoms with E-state index in [4.69, 9.17) is 4.74 Å². The molecular weight excluding hydrogens is 339 g/mol. The molecule has 1 unspecified atom stereocenters. The minimum absolute atomic E-state index is 0.0210. The molecule has 2 fully saturated rings. The van der Waals surface area contributed by atoms with Crippen molar-refractivity contribution in [3.8, 4) is 0 Å². The normalized spacial score (nSPS) is 23.0. The van der Waals surface area contributed by atoms with Gasteiger partial charge in [-0.2, -0.15) is 0 Å². The molecule has 114 valence electrons. The fraction of sp³-hybridized carbons (Fsp3) is 0.533. The topological polar surface area (TPSA) is 41.6 Å². The van der Waals surface area contributed by atoms with Crippen LogP contribution in [0.25, 0.3) is 0 Å². The second kappa shape index (κ2) is 6.42. The Kier molecular flexibility index (Phi) is 4.57. The van der Waals surface area contributed by atoms with Crippen molar-refractivity contribution in [2.75, 3.05) is 19.8 Å². The van der Waals surface area contributed by atoms with E-state index in [-0.39, 0.29) is 17.8 Å². The third-order valence-electron chi connectivity index (χ3n) is 3.77. The van der Waals surface area contributed by atoms with Gasteiger partial charge in [0.2, 0.25) is 5.91 Å². The zero-order valence-corrected chi connectivity index (χ0v) is 13.2. The summed E-state index contributed by atoms with van der Waals surface area (Å²) >= 11 is 3.30. The fourth-order valence-electron chi connectivity index (χ4n) is 2.53. The first-order valence-electron chi connectivity index (χ1n) is 7.19. The highest BCUT2D eigenvalue weighted by Gasteiger charge is 2.33. The Hall–Kier alpha value is -0.980. The van der Waals surface area contributed by atoms with Crippen LogP contribution in [0.4, 0.5) is 4.39 Å². The average molecular weight is 357 g/mol. The third kappa shape index (κ3) is 4.02. The molecule has 2 aliphatic rings. The van der Waals surface area contributed by atoms with Crippen LogP contribution in [0.1, 0.15) is 18.4 Å². The molecule has 0 bridgehead atoms. The van der Waals surface area contributed by atoms with E-state index in [9.17, 15) is 9.18 Å². The monoisotopic (exact) mass is 356 g/mol. The van der Waals surface area contributed by atoms with Crippen molar-refractivity contribution in [3.63, 3.8) is 0 Å². The molecule has 6 heteroatoms. The van der Waals surface area contributed by atoms with E-state index in [1.807, 2.05) is 6.07 Å². The van der Waals surface area contributed by atoms with E-state index in [1.165, 1.54) is 12.1 Å². The highest BCUT2D eigenvalue weighted by molar-refractivity contribution is 9.10. The second-order valence-corrected chi connectivity index (χ2v) is 6.54. The van der Waals surface area contributed by atoms with Crippen LogP contribution in [0.5, 0.6) is 0 Å². The lowest BCUT2D eigenvalue weighted by atomic mass is 10.1. The molecule has 1 atom stereocenters. The lowest BCUT2D eigenvalue weighted by Crippen LogP contribution is -2.53. The van der Waals surface area contributed by atoms with Gasteiger partial charge in [-0.1, -0.05) is 15.9 Å². The SMILES string of the molecule is O=C(NC1CC1)C1COCCN1Cc1cc(F)cc(Br)c1. The number of nitrogens with zero attached hydrogens (tertiary/aromatic N) is 1. The molecule has 1 aromatic carbocycles. The summed E-state index contributed by atoms with van der Waals surface area (Å²) in [6, 6.07) is 4.87. The summed E-state index contributed by atoms with van der Waals surface area (Å²) in [4.78, 5) is 14.3. The Labute approximate surface area is 131 Å². The Morgan fingerprint density at radius 3 is 2.95 bits per heavy atom. The predicted molar refractivity (Wildman–Crippen MR) is 80.3 cm³/mol. The van der Waals surface area contributed by atoms with Gasteiger partial charge in [-0.3, -0.25) is 9.69 Å².